The number of likely N-dealkylation sites (tertiary alicyclic amines) is 1. The van der Waals surface area contributed by atoms with Gasteiger partial charge in [-0.2, -0.15) is 0 Å². The van der Waals surface area contributed by atoms with E-state index < -0.39 is 0 Å². The Morgan fingerprint density at radius 1 is 1.67 bits per heavy atom. The van der Waals surface area contributed by atoms with Gasteiger partial charge in [0.15, 0.2) is 0 Å². The molecule has 0 aliphatic carbocycles. The monoisotopic (exact) mass is 248 g/mol. The average Bonchev–Trinajstić information content (AvgIpc) is 2.39. The van der Waals surface area contributed by atoms with E-state index in [1.165, 1.54) is 0 Å². The first kappa shape index (κ1) is 13.0. The smallest absolute Gasteiger partial charge is 0.142 e. The Balaban J connectivity index is 2.07. The van der Waals surface area contributed by atoms with E-state index in [1.54, 1.807) is 13.3 Å². The van der Waals surface area contributed by atoms with Gasteiger partial charge >= 0.3 is 0 Å². The van der Waals surface area contributed by atoms with Crippen molar-refractivity contribution in [2.75, 3.05) is 20.2 Å². The summed E-state index contributed by atoms with van der Waals surface area (Å²) in [4.78, 5) is 6.51. The molecule has 2 heterocycles. The number of hydrogen-bond donors (Lipinski definition) is 2. The van der Waals surface area contributed by atoms with Crippen LogP contribution in [0.4, 0.5) is 0 Å². The topological polar surface area (TPSA) is 75.2 Å². The van der Waals surface area contributed by atoms with Crippen molar-refractivity contribution >= 4 is 5.84 Å². The van der Waals surface area contributed by atoms with Crippen molar-refractivity contribution in [2.45, 2.75) is 25.5 Å². The Morgan fingerprint density at radius 3 is 3.22 bits per heavy atom. The van der Waals surface area contributed by atoms with Crippen LogP contribution in [-0.2, 0) is 11.3 Å². The molecule has 1 aromatic rings. The van der Waals surface area contributed by atoms with Crippen LogP contribution >= 0.6 is 0 Å². The standard InChI is InChI=1S/C13H20N4O/c1-18-11-5-3-7-17(9-11)8-10-4-2-6-16-12(10)13(14)15/h2,4,6,11H,3,5,7-9H2,1H3,(H3,14,15). The molecule has 1 aliphatic rings. The predicted molar refractivity (Wildman–Crippen MR) is 70.6 cm³/mol. The largest absolute Gasteiger partial charge is 0.382 e. The molecule has 3 N–H and O–H groups in total. The normalized spacial score (nSPS) is 20.8. The van der Waals surface area contributed by atoms with E-state index in [9.17, 15) is 0 Å². The molecule has 98 valence electrons. The quantitative estimate of drug-likeness (QED) is 0.615. The zero-order valence-corrected chi connectivity index (χ0v) is 10.7. The highest BCUT2D eigenvalue weighted by Gasteiger charge is 2.20. The van der Waals surface area contributed by atoms with Gasteiger partial charge in [0, 0.05) is 26.4 Å². The molecule has 1 unspecified atom stereocenters. The lowest BCUT2D eigenvalue weighted by atomic mass is 10.1. The van der Waals surface area contributed by atoms with Crippen LogP contribution in [0.3, 0.4) is 0 Å². The van der Waals surface area contributed by atoms with Crippen LogP contribution in [0, 0.1) is 5.41 Å². The highest BCUT2D eigenvalue weighted by Crippen LogP contribution is 2.16. The van der Waals surface area contributed by atoms with Crippen molar-refractivity contribution in [3.63, 3.8) is 0 Å². The maximum atomic E-state index is 7.54. The van der Waals surface area contributed by atoms with E-state index in [4.69, 9.17) is 15.9 Å². The molecule has 5 nitrogen and oxygen atoms in total. The van der Waals surface area contributed by atoms with Crippen molar-refractivity contribution in [1.29, 1.82) is 5.41 Å². The summed E-state index contributed by atoms with van der Waals surface area (Å²) in [5.74, 6) is 0.0332. The molecule has 2 rings (SSSR count). The number of nitrogens with zero attached hydrogens (tertiary/aromatic N) is 2. The summed E-state index contributed by atoms with van der Waals surface area (Å²) >= 11 is 0. The molecule has 1 aromatic heterocycles. The number of ether oxygens (including phenoxy) is 1. The zero-order chi connectivity index (χ0) is 13.0. The van der Waals surface area contributed by atoms with E-state index in [2.05, 4.69) is 9.88 Å². The van der Waals surface area contributed by atoms with Gasteiger partial charge in [-0.25, -0.2) is 0 Å². The van der Waals surface area contributed by atoms with Crippen LogP contribution in [0.2, 0.25) is 0 Å². The second kappa shape index (κ2) is 5.93. The molecule has 1 aliphatic heterocycles. The molecule has 0 radical (unpaired) electrons. The number of hydrogen-bond acceptors (Lipinski definition) is 4. The van der Waals surface area contributed by atoms with Gasteiger partial charge in [0.2, 0.25) is 0 Å². The number of amidine groups is 1. The van der Waals surface area contributed by atoms with Crippen LogP contribution in [0.15, 0.2) is 18.3 Å². The molecule has 0 aromatic carbocycles. The predicted octanol–water partition coefficient (Wildman–Crippen LogP) is 0.976. The van der Waals surface area contributed by atoms with Crippen LogP contribution in [0.25, 0.3) is 0 Å². The van der Waals surface area contributed by atoms with Crippen molar-refractivity contribution in [2.24, 2.45) is 5.73 Å². The minimum absolute atomic E-state index is 0.0332. The Morgan fingerprint density at radius 2 is 2.50 bits per heavy atom. The zero-order valence-electron chi connectivity index (χ0n) is 10.7. The van der Waals surface area contributed by atoms with Crippen molar-refractivity contribution in [3.8, 4) is 0 Å². The molecule has 0 bridgehead atoms. The average molecular weight is 248 g/mol. The summed E-state index contributed by atoms with van der Waals surface area (Å²) in [5, 5.41) is 7.54. The lowest BCUT2D eigenvalue weighted by Crippen LogP contribution is -2.39. The first-order valence-corrected chi connectivity index (χ1v) is 6.24. The lowest BCUT2D eigenvalue weighted by molar-refractivity contribution is 0.0285. The summed E-state index contributed by atoms with van der Waals surface area (Å²) in [6, 6.07) is 3.87. The van der Waals surface area contributed by atoms with Crippen molar-refractivity contribution in [1.82, 2.24) is 9.88 Å². The maximum absolute atomic E-state index is 7.54. The molecule has 1 fully saturated rings. The number of nitrogen functional groups attached to an aromatic ring is 1. The molecule has 0 saturated carbocycles. The number of nitrogens with two attached hydrogens (primary N) is 1. The first-order chi connectivity index (χ1) is 8.70. The van der Waals surface area contributed by atoms with E-state index >= 15 is 0 Å². The van der Waals surface area contributed by atoms with Crippen LogP contribution < -0.4 is 5.73 Å². The summed E-state index contributed by atoms with van der Waals surface area (Å²) in [6.45, 7) is 2.78. The van der Waals surface area contributed by atoms with E-state index in [0.29, 0.717) is 11.8 Å². The van der Waals surface area contributed by atoms with E-state index in [0.717, 1.165) is 38.0 Å². The third-order valence-corrected chi connectivity index (χ3v) is 3.34. The molecule has 5 heteroatoms. The van der Waals surface area contributed by atoms with Crippen LogP contribution in [0.1, 0.15) is 24.1 Å². The maximum Gasteiger partial charge on any atom is 0.142 e. The number of rotatable bonds is 4. The Bertz CT molecular complexity index is 421. The molecular formula is C13H20N4O. The minimum atomic E-state index is 0.0332. The number of pyridine rings is 1. The second-order valence-electron chi connectivity index (χ2n) is 4.66. The first-order valence-electron chi connectivity index (χ1n) is 6.24. The van der Waals surface area contributed by atoms with Crippen LogP contribution in [0.5, 0.6) is 0 Å². The number of nitrogens with one attached hydrogen (secondary N) is 1. The van der Waals surface area contributed by atoms with Gasteiger partial charge in [-0.05, 0) is 31.0 Å². The fraction of sp³-hybridized carbons (Fsp3) is 0.538. The third kappa shape index (κ3) is 3.05. The fourth-order valence-electron chi connectivity index (χ4n) is 2.40. The van der Waals surface area contributed by atoms with Gasteiger partial charge in [-0.1, -0.05) is 6.07 Å². The van der Waals surface area contributed by atoms with Crippen molar-refractivity contribution in [3.05, 3.63) is 29.6 Å². The number of aromatic nitrogens is 1. The molecule has 0 amide bonds. The van der Waals surface area contributed by atoms with Gasteiger partial charge in [0.05, 0.1) is 6.10 Å². The van der Waals surface area contributed by atoms with E-state index in [1.807, 2.05) is 12.1 Å². The van der Waals surface area contributed by atoms with Gasteiger partial charge < -0.3 is 10.5 Å². The lowest BCUT2D eigenvalue weighted by Gasteiger charge is -2.32. The second-order valence-corrected chi connectivity index (χ2v) is 4.66. The molecule has 1 atom stereocenters. The number of methoxy groups -OCH3 is 1. The summed E-state index contributed by atoms with van der Waals surface area (Å²) < 4.78 is 5.41. The van der Waals surface area contributed by atoms with Gasteiger partial charge in [-0.15, -0.1) is 0 Å². The fourth-order valence-corrected chi connectivity index (χ4v) is 2.40. The molecular weight excluding hydrogens is 228 g/mol. The summed E-state index contributed by atoms with van der Waals surface area (Å²) in [7, 11) is 1.76. The Hall–Kier alpha value is -1.46. The number of piperidine rings is 1. The third-order valence-electron chi connectivity index (χ3n) is 3.34. The Kier molecular flexibility index (Phi) is 4.28. The SMILES string of the molecule is COC1CCCN(Cc2cccnc2C(=N)N)C1. The summed E-state index contributed by atoms with van der Waals surface area (Å²) in [6.07, 6.45) is 4.26. The van der Waals surface area contributed by atoms with Gasteiger partial charge in [-0.3, -0.25) is 15.3 Å². The highest BCUT2D eigenvalue weighted by atomic mass is 16.5. The van der Waals surface area contributed by atoms with Crippen LogP contribution in [-0.4, -0.2) is 42.0 Å². The molecule has 18 heavy (non-hydrogen) atoms. The summed E-state index contributed by atoms with van der Waals surface area (Å²) in [5.41, 5.74) is 7.16. The molecule has 1 saturated heterocycles. The Labute approximate surface area is 107 Å². The molecule has 0 spiro atoms. The minimum Gasteiger partial charge on any atom is -0.382 e. The highest BCUT2D eigenvalue weighted by molar-refractivity contribution is 5.94. The van der Waals surface area contributed by atoms with Gasteiger partial charge in [0.25, 0.3) is 0 Å². The van der Waals surface area contributed by atoms with Crippen molar-refractivity contribution < 1.29 is 4.74 Å². The van der Waals surface area contributed by atoms with Gasteiger partial charge in [0.1, 0.15) is 11.5 Å². The van der Waals surface area contributed by atoms with E-state index in [-0.39, 0.29) is 5.84 Å².